The maximum absolute atomic E-state index is 12.4. The van der Waals surface area contributed by atoms with E-state index in [-0.39, 0.29) is 5.91 Å². The number of hydrogen-bond donors (Lipinski definition) is 0. The molecule has 0 aromatic heterocycles. The Balaban J connectivity index is 2.28. The predicted octanol–water partition coefficient (Wildman–Crippen LogP) is 4.89. The van der Waals surface area contributed by atoms with Gasteiger partial charge in [-0.2, -0.15) is 0 Å². The second kappa shape index (κ2) is 7.45. The minimum atomic E-state index is 0.0399. The lowest BCUT2D eigenvalue weighted by Gasteiger charge is -2.16. The molecule has 0 heterocycles. The van der Waals surface area contributed by atoms with E-state index in [9.17, 15) is 4.79 Å². The fourth-order valence-corrected chi connectivity index (χ4v) is 2.59. The molecule has 0 saturated carbocycles. The summed E-state index contributed by atoms with van der Waals surface area (Å²) in [7, 11) is 3.57. The Labute approximate surface area is 140 Å². The van der Waals surface area contributed by atoms with Crippen LogP contribution in [0.4, 0.5) is 0 Å². The first kappa shape index (κ1) is 17.3. The van der Waals surface area contributed by atoms with Crippen LogP contribution < -0.4 is 0 Å². The van der Waals surface area contributed by atoms with E-state index < -0.39 is 0 Å². The maximum Gasteiger partial charge on any atom is 0.253 e. The van der Waals surface area contributed by atoms with E-state index in [2.05, 4.69) is 45.0 Å². The molecule has 2 heteroatoms. The minimum Gasteiger partial charge on any atom is -0.345 e. The maximum atomic E-state index is 12.4. The summed E-state index contributed by atoms with van der Waals surface area (Å²) in [6, 6.07) is 16.4. The van der Waals surface area contributed by atoms with Gasteiger partial charge in [-0.1, -0.05) is 63.2 Å². The van der Waals surface area contributed by atoms with Crippen molar-refractivity contribution in [2.45, 2.75) is 27.2 Å². The molecule has 0 N–H and O–H groups in total. The van der Waals surface area contributed by atoms with Crippen LogP contribution in [0.3, 0.4) is 0 Å². The molecule has 0 saturated heterocycles. The van der Waals surface area contributed by atoms with Gasteiger partial charge in [0.2, 0.25) is 0 Å². The molecule has 1 atom stereocenters. The van der Waals surface area contributed by atoms with E-state index in [0.29, 0.717) is 11.8 Å². The molecule has 2 rings (SSSR count). The van der Waals surface area contributed by atoms with E-state index in [1.807, 2.05) is 24.3 Å². The van der Waals surface area contributed by atoms with Gasteiger partial charge in [-0.05, 0) is 41.0 Å². The number of nitrogens with zero attached hydrogens (tertiary/aromatic N) is 1. The smallest absolute Gasteiger partial charge is 0.253 e. The van der Waals surface area contributed by atoms with E-state index in [0.717, 1.165) is 23.1 Å². The highest BCUT2D eigenvalue weighted by atomic mass is 16.2. The first-order valence-corrected chi connectivity index (χ1v) is 8.30. The Morgan fingerprint density at radius 1 is 0.957 bits per heavy atom. The fraction of sp³-hybridized carbons (Fsp3) is 0.381. The van der Waals surface area contributed by atoms with Gasteiger partial charge in [-0.25, -0.2) is 0 Å². The molecular weight excluding hydrogens is 282 g/mol. The summed E-state index contributed by atoms with van der Waals surface area (Å²) in [4.78, 5) is 14.0. The van der Waals surface area contributed by atoms with E-state index in [1.165, 1.54) is 5.56 Å². The standard InChI is InChI=1S/C21H27NO/c1-15(2)16(3)14-17-10-12-18(13-11-17)19-8-6-7-9-20(19)21(23)22(4)5/h6-13,15-16H,14H2,1-5H3. The first-order valence-electron chi connectivity index (χ1n) is 8.30. The lowest BCUT2D eigenvalue weighted by molar-refractivity contribution is 0.0828. The van der Waals surface area contributed by atoms with Crippen molar-refractivity contribution in [3.63, 3.8) is 0 Å². The van der Waals surface area contributed by atoms with Crippen LogP contribution >= 0.6 is 0 Å². The van der Waals surface area contributed by atoms with Crippen LogP contribution in [0.5, 0.6) is 0 Å². The number of carbonyl (C=O) groups is 1. The van der Waals surface area contributed by atoms with Crippen LogP contribution in [0.1, 0.15) is 36.7 Å². The molecule has 0 spiro atoms. The highest BCUT2D eigenvalue weighted by Gasteiger charge is 2.14. The molecule has 1 unspecified atom stereocenters. The lowest BCUT2D eigenvalue weighted by Crippen LogP contribution is -2.22. The summed E-state index contributed by atoms with van der Waals surface area (Å²) in [5.74, 6) is 1.40. The Morgan fingerprint density at radius 3 is 2.13 bits per heavy atom. The molecule has 2 aromatic carbocycles. The van der Waals surface area contributed by atoms with Crippen molar-refractivity contribution in [3.8, 4) is 11.1 Å². The van der Waals surface area contributed by atoms with E-state index in [4.69, 9.17) is 0 Å². The highest BCUT2D eigenvalue weighted by molar-refractivity contribution is 6.00. The first-order chi connectivity index (χ1) is 10.9. The van der Waals surface area contributed by atoms with Crippen molar-refractivity contribution in [3.05, 3.63) is 59.7 Å². The topological polar surface area (TPSA) is 20.3 Å². The molecular formula is C21H27NO. The van der Waals surface area contributed by atoms with Crippen molar-refractivity contribution in [1.82, 2.24) is 4.90 Å². The van der Waals surface area contributed by atoms with Gasteiger partial charge in [0.1, 0.15) is 0 Å². The fourth-order valence-electron chi connectivity index (χ4n) is 2.59. The second-order valence-corrected chi connectivity index (χ2v) is 6.87. The molecule has 1 amide bonds. The summed E-state index contributed by atoms with van der Waals surface area (Å²) in [6.45, 7) is 6.83. The quantitative estimate of drug-likeness (QED) is 0.770. The number of hydrogen-bond acceptors (Lipinski definition) is 1. The Hall–Kier alpha value is -2.09. The van der Waals surface area contributed by atoms with Gasteiger partial charge in [-0.3, -0.25) is 4.79 Å². The van der Waals surface area contributed by atoms with E-state index >= 15 is 0 Å². The van der Waals surface area contributed by atoms with Crippen molar-refractivity contribution < 1.29 is 4.79 Å². The van der Waals surface area contributed by atoms with Crippen LogP contribution in [0.25, 0.3) is 11.1 Å². The van der Waals surface area contributed by atoms with Crippen LogP contribution in [0, 0.1) is 11.8 Å². The summed E-state index contributed by atoms with van der Waals surface area (Å²) >= 11 is 0. The van der Waals surface area contributed by atoms with Gasteiger partial charge >= 0.3 is 0 Å². The van der Waals surface area contributed by atoms with Crippen LogP contribution in [-0.2, 0) is 6.42 Å². The SMILES string of the molecule is CC(C)C(C)Cc1ccc(-c2ccccc2C(=O)N(C)C)cc1. The Morgan fingerprint density at radius 2 is 1.57 bits per heavy atom. The van der Waals surface area contributed by atoms with Crippen LogP contribution in [0.15, 0.2) is 48.5 Å². The molecule has 122 valence electrons. The molecule has 0 aliphatic rings. The Bertz CT molecular complexity index is 656. The Kier molecular flexibility index (Phi) is 5.59. The average Bonchev–Trinajstić information content (AvgIpc) is 2.54. The summed E-state index contributed by atoms with van der Waals surface area (Å²) in [5, 5.41) is 0. The summed E-state index contributed by atoms with van der Waals surface area (Å²) in [6.07, 6.45) is 1.09. The van der Waals surface area contributed by atoms with Crippen molar-refractivity contribution >= 4 is 5.91 Å². The van der Waals surface area contributed by atoms with Crippen molar-refractivity contribution in [1.29, 1.82) is 0 Å². The van der Waals surface area contributed by atoms with Gasteiger partial charge in [0.05, 0.1) is 0 Å². The van der Waals surface area contributed by atoms with Gasteiger partial charge in [0.15, 0.2) is 0 Å². The highest BCUT2D eigenvalue weighted by Crippen LogP contribution is 2.26. The largest absolute Gasteiger partial charge is 0.345 e. The monoisotopic (exact) mass is 309 g/mol. The van der Waals surface area contributed by atoms with Gasteiger partial charge in [0, 0.05) is 19.7 Å². The normalized spacial score (nSPS) is 12.3. The summed E-state index contributed by atoms with van der Waals surface area (Å²) in [5.41, 5.74) is 4.19. The van der Waals surface area contributed by atoms with Crippen molar-refractivity contribution in [2.24, 2.45) is 11.8 Å². The molecule has 0 radical (unpaired) electrons. The van der Waals surface area contributed by atoms with Gasteiger partial charge in [-0.15, -0.1) is 0 Å². The zero-order valence-electron chi connectivity index (χ0n) is 14.8. The second-order valence-electron chi connectivity index (χ2n) is 6.87. The summed E-state index contributed by atoms with van der Waals surface area (Å²) < 4.78 is 0. The molecule has 0 aliphatic heterocycles. The molecule has 0 aliphatic carbocycles. The zero-order valence-corrected chi connectivity index (χ0v) is 14.8. The predicted molar refractivity (Wildman–Crippen MR) is 97.6 cm³/mol. The van der Waals surface area contributed by atoms with E-state index in [1.54, 1.807) is 19.0 Å². The van der Waals surface area contributed by atoms with Crippen LogP contribution in [0.2, 0.25) is 0 Å². The van der Waals surface area contributed by atoms with Gasteiger partial charge in [0.25, 0.3) is 5.91 Å². The third-order valence-corrected chi connectivity index (χ3v) is 4.52. The average molecular weight is 309 g/mol. The molecule has 23 heavy (non-hydrogen) atoms. The molecule has 2 nitrogen and oxygen atoms in total. The zero-order chi connectivity index (χ0) is 17.0. The number of carbonyl (C=O) groups excluding carboxylic acids is 1. The molecule has 0 bridgehead atoms. The van der Waals surface area contributed by atoms with Crippen LogP contribution in [-0.4, -0.2) is 24.9 Å². The van der Waals surface area contributed by atoms with Crippen molar-refractivity contribution in [2.75, 3.05) is 14.1 Å². The number of amides is 1. The third-order valence-electron chi connectivity index (χ3n) is 4.52. The van der Waals surface area contributed by atoms with Gasteiger partial charge < -0.3 is 4.90 Å². The number of rotatable bonds is 5. The molecule has 2 aromatic rings. The minimum absolute atomic E-state index is 0.0399. The molecule has 0 fully saturated rings. The third kappa shape index (κ3) is 4.22. The lowest BCUT2D eigenvalue weighted by atomic mass is 9.90. The number of benzene rings is 2.